The van der Waals surface area contributed by atoms with Gasteiger partial charge in [-0.25, -0.2) is 0 Å². The van der Waals surface area contributed by atoms with Crippen molar-refractivity contribution in [2.75, 3.05) is 18.1 Å². The SMILES string of the molecule is CC(C)C(=O)N[C@@H](CS)C(=O)NCCSC(=O)C(C)(C)C. The van der Waals surface area contributed by atoms with Gasteiger partial charge in [0, 0.05) is 29.4 Å². The van der Waals surface area contributed by atoms with Gasteiger partial charge in [0.25, 0.3) is 0 Å². The average Bonchev–Trinajstić information content (AvgIpc) is 2.38. The Balaban J connectivity index is 4.12. The van der Waals surface area contributed by atoms with Crippen molar-refractivity contribution in [2.45, 2.75) is 40.7 Å². The van der Waals surface area contributed by atoms with Gasteiger partial charge in [0.1, 0.15) is 6.04 Å². The lowest BCUT2D eigenvalue weighted by molar-refractivity contribution is -0.130. The van der Waals surface area contributed by atoms with Gasteiger partial charge >= 0.3 is 0 Å². The number of rotatable bonds is 7. The molecule has 0 aliphatic heterocycles. The highest BCUT2D eigenvalue weighted by Gasteiger charge is 2.22. The molecule has 0 bridgehead atoms. The van der Waals surface area contributed by atoms with Crippen LogP contribution in [0.3, 0.4) is 0 Å². The number of amides is 2. The molecule has 0 heterocycles. The summed E-state index contributed by atoms with van der Waals surface area (Å²) in [7, 11) is 0. The van der Waals surface area contributed by atoms with Gasteiger partial charge in [-0.1, -0.05) is 46.4 Å². The monoisotopic (exact) mass is 334 g/mol. The lowest BCUT2D eigenvalue weighted by atomic mass is 10.00. The Morgan fingerprint density at radius 1 is 1.14 bits per heavy atom. The fourth-order valence-corrected chi connectivity index (χ4v) is 2.27. The number of thioether (sulfide) groups is 1. The van der Waals surface area contributed by atoms with Gasteiger partial charge in [-0.2, -0.15) is 12.6 Å². The molecule has 0 fully saturated rings. The smallest absolute Gasteiger partial charge is 0.243 e. The summed E-state index contributed by atoms with van der Waals surface area (Å²) in [5, 5.41) is 5.44. The highest BCUT2D eigenvalue weighted by atomic mass is 32.2. The first kappa shape index (κ1) is 20.3. The molecule has 0 aliphatic carbocycles. The molecule has 0 radical (unpaired) electrons. The molecule has 5 nitrogen and oxygen atoms in total. The minimum absolute atomic E-state index is 0.0932. The van der Waals surface area contributed by atoms with Crippen molar-refractivity contribution in [1.29, 1.82) is 0 Å². The molecule has 2 amide bonds. The van der Waals surface area contributed by atoms with E-state index >= 15 is 0 Å². The van der Waals surface area contributed by atoms with Crippen LogP contribution in [0.15, 0.2) is 0 Å². The summed E-state index contributed by atoms with van der Waals surface area (Å²) >= 11 is 5.28. The summed E-state index contributed by atoms with van der Waals surface area (Å²) in [6, 6.07) is -0.647. The quantitative estimate of drug-likeness (QED) is 0.487. The van der Waals surface area contributed by atoms with Gasteiger partial charge in [0.2, 0.25) is 11.8 Å². The molecule has 1 atom stereocenters. The minimum Gasteiger partial charge on any atom is -0.353 e. The highest BCUT2D eigenvalue weighted by molar-refractivity contribution is 8.13. The fourth-order valence-electron chi connectivity index (χ4n) is 1.19. The maximum Gasteiger partial charge on any atom is 0.243 e. The van der Waals surface area contributed by atoms with Gasteiger partial charge in [-0.05, 0) is 0 Å². The second-order valence-electron chi connectivity index (χ2n) is 6.08. The molecule has 0 aromatic rings. The first-order chi connectivity index (χ1) is 9.59. The maximum atomic E-state index is 11.9. The zero-order chi connectivity index (χ0) is 16.6. The van der Waals surface area contributed by atoms with E-state index in [1.807, 2.05) is 20.8 Å². The third kappa shape index (κ3) is 8.36. The van der Waals surface area contributed by atoms with E-state index in [-0.39, 0.29) is 34.0 Å². The van der Waals surface area contributed by atoms with Crippen molar-refractivity contribution in [1.82, 2.24) is 10.6 Å². The molecule has 0 rings (SSSR count). The number of thiol groups is 1. The number of carbonyl (C=O) groups is 3. The summed E-state index contributed by atoms with van der Waals surface area (Å²) in [6.45, 7) is 9.49. The van der Waals surface area contributed by atoms with E-state index in [2.05, 4.69) is 23.3 Å². The first-order valence-electron chi connectivity index (χ1n) is 6.95. The van der Waals surface area contributed by atoms with Crippen molar-refractivity contribution in [3.05, 3.63) is 0 Å². The summed E-state index contributed by atoms with van der Waals surface area (Å²) in [4.78, 5) is 35.2. The third-order valence-corrected chi connectivity index (χ3v) is 4.23. The van der Waals surface area contributed by atoms with Gasteiger partial charge in [-0.15, -0.1) is 0 Å². The lowest BCUT2D eigenvalue weighted by Gasteiger charge is -2.18. The number of carbonyl (C=O) groups excluding carboxylic acids is 3. The zero-order valence-corrected chi connectivity index (χ0v) is 15.1. The third-order valence-electron chi connectivity index (χ3n) is 2.59. The first-order valence-corrected chi connectivity index (χ1v) is 8.57. The highest BCUT2D eigenvalue weighted by Crippen LogP contribution is 2.22. The van der Waals surface area contributed by atoms with Crippen LogP contribution in [0.4, 0.5) is 0 Å². The number of hydrogen-bond acceptors (Lipinski definition) is 5. The normalized spacial score (nSPS) is 12.9. The zero-order valence-electron chi connectivity index (χ0n) is 13.4. The molecular weight excluding hydrogens is 308 g/mol. The second kappa shape index (κ2) is 9.35. The maximum absolute atomic E-state index is 11.9. The van der Waals surface area contributed by atoms with E-state index in [4.69, 9.17) is 0 Å². The average molecular weight is 335 g/mol. The molecular formula is C14H26N2O3S2. The van der Waals surface area contributed by atoms with Crippen LogP contribution in [0.1, 0.15) is 34.6 Å². The summed E-state index contributed by atoms with van der Waals surface area (Å²) < 4.78 is 0. The molecule has 0 spiro atoms. The predicted octanol–water partition coefficient (Wildman–Crippen LogP) is 1.48. The van der Waals surface area contributed by atoms with E-state index in [1.165, 1.54) is 11.8 Å². The van der Waals surface area contributed by atoms with Crippen molar-refractivity contribution in [2.24, 2.45) is 11.3 Å². The molecule has 7 heteroatoms. The number of nitrogens with one attached hydrogen (secondary N) is 2. The standard InChI is InChI=1S/C14H26N2O3S2/c1-9(2)11(17)16-10(8-20)12(18)15-6-7-21-13(19)14(3,4)5/h9-10,20H,6-8H2,1-5H3,(H,15,18)(H,16,17)/t10-/m0/s1. The van der Waals surface area contributed by atoms with Gasteiger partial charge in [0.05, 0.1) is 0 Å². The van der Waals surface area contributed by atoms with E-state index < -0.39 is 6.04 Å². The molecule has 122 valence electrons. The molecule has 0 unspecified atom stereocenters. The Kier molecular flexibility index (Phi) is 9.04. The molecule has 21 heavy (non-hydrogen) atoms. The minimum atomic E-state index is -0.647. The van der Waals surface area contributed by atoms with Crippen molar-refractivity contribution < 1.29 is 14.4 Å². The van der Waals surface area contributed by atoms with Crippen molar-refractivity contribution in [3.63, 3.8) is 0 Å². The Labute approximate surface area is 136 Å². The summed E-state index contributed by atoms with van der Waals surface area (Å²) in [6.07, 6.45) is 0. The summed E-state index contributed by atoms with van der Waals surface area (Å²) in [5.74, 6) is 0.113. The molecule has 2 N–H and O–H groups in total. The van der Waals surface area contributed by atoms with E-state index in [9.17, 15) is 14.4 Å². The molecule has 0 aromatic heterocycles. The van der Waals surface area contributed by atoms with Crippen LogP contribution in [0, 0.1) is 11.3 Å². The summed E-state index contributed by atoms with van der Waals surface area (Å²) in [5.41, 5.74) is -0.381. The Hall–Kier alpha value is -0.690. The topological polar surface area (TPSA) is 75.3 Å². The van der Waals surface area contributed by atoms with Crippen LogP contribution in [-0.4, -0.2) is 41.0 Å². The predicted molar refractivity (Wildman–Crippen MR) is 90.6 cm³/mol. The van der Waals surface area contributed by atoms with Crippen LogP contribution in [0.25, 0.3) is 0 Å². The van der Waals surface area contributed by atoms with Crippen molar-refractivity contribution >= 4 is 41.3 Å². The fraction of sp³-hybridized carbons (Fsp3) is 0.786. The van der Waals surface area contributed by atoms with Crippen LogP contribution in [0.2, 0.25) is 0 Å². The largest absolute Gasteiger partial charge is 0.353 e. The molecule has 0 saturated heterocycles. The lowest BCUT2D eigenvalue weighted by Crippen LogP contribution is -2.49. The van der Waals surface area contributed by atoms with Gasteiger partial charge < -0.3 is 10.6 Å². The Morgan fingerprint density at radius 2 is 1.71 bits per heavy atom. The van der Waals surface area contributed by atoms with E-state index in [0.717, 1.165) is 0 Å². The van der Waals surface area contributed by atoms with Crippen LogP contribution in [0.5, 0.6) is 0 Å². The number of hydrogen-bond donors (Lipinski definition) is 3. The van der Waals surface area contributed by atoms with Gasteiger partial charge in [-0.3, -0.25) is 14.4 Å². The van der Waals surface area contributed by atoms with Gasteiger partial charge in [0.15, 0.2) is 5.12 Å². The Bertz CT molecular complexity index is 379. The molecule has 0 aromatic carbocycles. The van der Waals surface area contributed by atoms with Crippen LogP contribution < -0.4 is 10.6 Å². The van der Waals surface area contributed by atoms with Crippen molar-refractivity contribution in [3.8, 4) is 0 Å². The molecule has 0 aliphatic rings. The van der Waals surface area contributed by atoms with E-state index in [0.29, 0.717) is 12.3 Å². The Morgan fingerprint density at radius 3 is 2.14 bits per heavy atom. The van der Waals surface area contributed by atoms with Crippen LogP contribution >= 0.6 is 24.4 Å². The van der Waals surface area contributed by atoms with E-state index in [1.54, 1.807) is 13.8 Å². The second-order valence-corrected chi connectivity index (χ2v) is 7.51. The molecule has 0 saturated carbocycles. The van der Waals surface area contributed by atoms with Crippen LogP contribution in [-0.2, 0) is 14.4 Å².